The number of rotatable bonds is 13. The molecule has 5 rings (SSSR count). The Hall–Kier alpha value is -2.56. The lowest BCUT2D eigenvalue weighted by Gasteiger charge is -2.22. The number of hydrogen-bond donors (Lipinski definition) is 1. The molecule has 0 spiro atoms. The van der Waals surface area contributed by atoms with E-state index in [0.717, 1.165) is 93.4 Å². The minimum absolute atomic E-state index is 0.0999. The molecule has 0 aromatic heterocycles. The summed E-state index contributed by atoms with van der Waals surface area (Å²) in [5.74, 6) is 3.33. The Morgan fingerprint density at radius 1 is 0.435 bits per heavy atom. The van der Waals surface area contributed by atoms with Crippen LogP contribution in [0.2, 0.25) is 0 Å². The van der Waals surface area contributed by atoms with Gasteiger partial charge in [-0.1, -0.05) is 99.0 Å². The van der Waals surface area contributed by atoms with Crippen LogP contribution in [0.4, 0.5) is 0 Å². The molecule has 1 aliphatic heterocycles. The molecule has 4 aromatic rings. The molecule has 0 radical (unpaired) electrons. The molecule has 244 valence electrons. The van der Waals surface area contributed by atoms with Crippen LogP contribution in [0.1, 0.15) is 58.9 Å². The normalized spacial score (nSPS) is 12.5. The lowest BCUT2D eigenvalue weighted by atomic mass is 10.2. The Labute approximate surface area is 290 Å². The van der Waals surface area contributed by atoms with Gasteiger partial charge < -0.3 is 24.1 Å². The molecule has 1 N–H and O–H groups in total. The van der Waals surface area contributed by atoms with Crippen LogP contribution in [0, 0.1) is 0 Å². The van der Waals surface area contributed by atoms with Gasteiger partial charge in [-0.05, 0) is 73.7 Å². The van der Waals surface area contributed by atoms with Gasteiger partial charge in [0.25, 0.3) is 0 Å². The molecule has 9 heteroatoms. The SMILES string of the molecule is CCCOc1c2cccc1Sc1cccc(c1OCCC)Sc1c(CO)ccc(c1OCCC)Sc1cccc(c1OCCC)S2. The van der Waals surface area contributed by atoms with Crippen LogP contribution >= 0.6 is 47.0 Å². The van der Waals surface area contributed by atoms with E-state index in [1.165, 1.54) is 0 Å². The summed E-state index contributed by atoms with van der Waals surface area (Å²) in [6.07, 6.45) is 3.56. The average molecular weight is 695 g/mol. The molecule has 1 heterocycles. The van der Waals surface area contributed by atoms with Crippen molar-refractivity contribution in [3.05, 3.63) is 72.3 Å². The maximum absolute atomic E-state index is 10.5. The fraction of sp³-hybridized carbons (Fsp3) is 0.351. The van der Waals surface area contributed by atoms with Crippen molar-refractivity contribution in [3.8, 4) is 23.0 Å². The summed E-state index contributed by atoms with van der Waals surface area (Å²) in [5, 5.41) is 10.5. The van der Waals surface area contributed by atoms with Crippen molar-refractivity contribution in [1.82, 2.24) is 0 Å². The first-order chi connectivity index (χ1) is 22.6. The summed E-state index contributed by atoms with van der Waals surface area (Å²) < 4.78 is 26.0. The van der Waals surface area contributed by atoms with Crippen LogP contribution < -0.4 is 18.9 Å². The molecule has 8 bridgehead atoms. The van der Waals surface area contributed by atoms with Gasteiger partial charge in [0.1, 0.15) is 23.0 Å². The summed E-state index contributed by atoms with van der Waals surface area (Å²) >= 11 is 6.56. The smallest absolute Gasteiger partial charge is 0.147 e. The fourth-order valence-corrected chi connectivity index (χ4v) is 9.27. The van der Waals surface area contributed by atoms with Crippen molar-refractivity contribution in [3.63, 3.8) is 0 Å². The van der Waals surface area contributed by atoms with Gasteiger partial charge in [-0.2, -0.15) is 0 Å². The first kappa shape index (κ1) is 34.8. The Morgan fingerprint density at radius 2 is 0.761 bits per heavy atom. The predicted molar refractivity (Wildman–Crippen MR) is 191 cm³/mol. The van der Waals surface area contributed by atoms with Gasteiger partial charge in [0.15, 0.2) is 0 Å². The minimum atomic E-state index is -0.0999. The molecule has 0 fully saturated rings. The average Bonchev–Trinajstić information content (AvgIpc) is 3.07. The van der Waals surface area contributed by atoms with Crippen molar-refractivity contribution in [1.29, 1.82) is 0 Å². The third-order valence-corrected chi connectivity index (χ3v) is 11.3. The number of ether oxygens (including phenoxy) is 4. The second-order valence-electron chi connectivity index (χ2n) is 10.6. The van der Waals surface area contributed by atoms with Crippen LogP contribution in [-0.4, -0.2) is 31.5 Å². The highest BCUT2D eigenvalue weighted by Gasteiger charge is 2.24. The van der Waals surface area contributed by atoms with Gasteiger partial charge in [0, 0.05) is 0 Å². The molecule has 0 atom stereocenters. The Kier molecular flexibility index (Phi) is 13.3. The van der Waals surface area contributed by atoms with Gasteiger partial charge in [-0.25, -0.2) is 0 Å². The van der Waals surface area contributed by atoms with E-state index in [1.807, 2.05) is 6.07 Å². The molecular formula is C37H42O5S4. The highest BCUT2D eigenvalue weighted by molar-refractivity contribution is 8.01. The van der Waals surface area contributed by atoms with Crippen molar-refractivity contribution in [2.45, 2.75) is 99.1 Å². The van der Waals surface area contributed by atoms with Crippen LogP contribution in [0.25, 0.3) is 0 Å². The zero-order valence-corrected chi connectivity index (χ0v) is 30.2. The number of aliphatic hydroxyl groups is 1. The molecule has 5 nitrogen and oxygen atoms in total. The fourth-order valence-electron chi connectivity index (χ4n) is 4.72. The van der Waals surface area contributed by atoms with E-state index in [1.54, 1.807) is 47.0 Å². The van der Waals surface area contributed by atoms with Crippen LogP contribution in [0.15, 0.2) is 106 Å². The third kappa shape index (κ3) is 8.29. The quantitative estimate of drug-likeness (QED) is 0.130. The Balaban J connectivity index is 1.78. The van der Waals surface area contributed by atoms with E-state index < -0.39 is 0 Å². The number of hydrogen-bond acceptors (Lipinski definition) is 9. The van der Waals surface area contributed by atoms with Crippen LogP contribution in [0.5, 0.6) is 23.0 Å². The Bertz CT molecular complexity index is 1610. The second kappa shape index (κ2) is 17.6. The highest BCUT2D eigenvalue weighted by atomic mass is 32.2. The predicted octanol–water partition coefficient (Wildman–Crippen LogP) is 11.3. The largest absolute Gasteiger partial charge is 0.491 e. The van der Waals surface area contributed by atoms with Crippen molar-refractivity contribution >= 4 is 47.0 Å². The third-order valence-electron chi connectivity index (χ3n) is 6.83. The summed E-state index contributed by atoms with van der Waals surface area (Å²) in [7, 11) is 0. The molecule has 0 amide bonds. The van der Waals surface area contributed by atoms with Crippen molar-refractivity contribution in [2.24, 2.45) is 0 Å². The van der Waals surface area contributed by atoms with Gasteiger partial charge in [-0.3, -0.25) is 0 Å². The Morgan fingerprint density at radius 3 is 1.11 bits per heavy atom. The zero-order valence-electron chi connectivity index (χ0n) is 26.9. The number of para-hydroxylation sites is 3. The summed E-state index contributed by atoms with van der Waals surface area (Å²) in [4.78, 5) is 7.95. The lowest BCUT2D eigenvalue weighted by molar-refractivity contribution is 0.271. The van der Waals surface area contributed by atoms with E-state index in [4.69, 9.17) is 18.9 Å². The number of fused-ring (bicyclic) bond motifs is 8. The standard InChI is InChI=1S/C37H42O5S4/c1-5-20-39-33-26-12-9-13-27(33)44-30-16-11-17-31(35(30)41-22-7-3)46-37-25(24-38)18-19-32(36(37)42-23-8-4)45-29-15-10-14-28(43-26)34(29)40-21-6-2/h9-19,38H,5-8,20-24H2,1-4H3. The first-order valence-corrected chi connectivity index (χ1v) is 19.3. The van der Waals surface area contributed by atoms with E-state index in [2.05, 4.69) is 88.4 Å². The maximum Gasteiger partial charge on any atom is 0.147 e. The highest BCUT2D eigenvalue weighted by Crippen LogP contribution is 2.54. The number of aliphatic hydroxyl groups excluding tert-OH is 1. The van der Waals surface area contributed by atoms with E-state index >= 15 is 0 Å². The van der Waals surface area contributed by atoms with E-state index in [0.29, 0.717) is 26.4 Å². The van der Waals surface area contributed by atoms with Crippen molar-refractivity contribution in [2.75, 3.05) is 26.4 Å². The molecule has 1 aliphatic rings. The van der Waals surface area contributed by atoms with Crippen LogP contribution in [0.3, 0.4) is 0 Å². The van der Waals surface area contributed by atoms with E-state index in [9.17, 15) is 5.11 Å². The van der Waals surface area contributed by atoms with Gasteiger partial charge in [-0.15, -0.1) is 0 Å². The summed E-state index contributed by atoms with van der Waals surface area (Å²) in [6, 6.07) is 23.0. The molecular weight excluding hydrogens is 653 g/mol. The molecule has 4 aromatic carbocycles. The number of benzene rings is 4. The lowest BCUT2D eigenvalue weighted by Crippen LogP contribution is -2.03. The first-order valence-electron chi connectivity index (χ1n) is 16.0. The zero-order chi connectivity index (χ0) is 32.3. The molecule has 0 saturated carbocycles. The van der Waals surface area contributed by atoms with Gasteiger partial charge in [0.2, 0.25) is 0 Å². The molecule has 0 saturated heterocycles. The minimum Gasteiger partial charge on any atom is -0.491 e. The monoisotopic (exact) mass is 694 g/mol. The van der Waals surface area contributed by atoms with Gasteiger partial charge >= 0.3 is 0 Å². The van der Waals surface area contributed by atoms with Crippen molar-refractivity contribution < 1.29 is 24.1 Å². The van der Waals surface area contributed by atoms with Gasteiger partial charge in [0.05, 0.1) is 72.2 Å². The summed E-state index contributed by atoms with van der Waals surface area (Å²) in [5.41, 5.74) is 0.816. The van der Waals surface area contributed by atoms with E-state index in [-0.39, 0.29) is 6.61 Å². The van der Waals surface area contributed by atoms with Crippen LogP contribution in [-0.2, 0) is 6.61 Å². The molecule has 46 heavy (non-hydrogen) atoms. The topological polar surface area (TPSA) is 57.2 Å². The molecule has 0 aliphatic carbocycles. The summed E-state index contributed by atoms with van der Waals surface area (Å²) in [6.45, 7) is 10.8. The maximum atomic E-state index is 10.5. The molecule has 0 unspecified atom stereocenters. The second-order valence-corrected chi connectivity index (χ2v) is 14.9.